The second kappa shape index (κ2) is 5.55. The van der Waals surface area contributed by atoms with Crippen molar-refractivity contribution in [1.29, 1.82) is 0 Å². The minimum atomic E-state index is -0.219. The summed E-state index contributed by atoms with van der Waals surface area (Å²) in [5, 5.41) is 0.679. The number of fused-ring (bicyclic) bond motifs is 1. The van der Waals surface area contributed by atoms with Crippen molar-refractivity contribution in [2.75, 3.05) is 6.79 Å². The van der Waals surface area contributed by atoms with E-state index in [2.05, 4.69) is 0 Å². The Balaban J connectivity index is 1.84. The van der Waals surface area contributed by atoms with Crippen molar-refractivity contribution >= 4 is 17.9 Å². The third-order valence-corrected chi connectivity index (χ3v) is 3.57. The maximum absolute atomic E-state index is 11.4. The van der Waals surface area contributed by atoms with Gasteiger partial charge in [0.05, 0.1) is 0 Å². The lowest BCUT2D eigenvalue weighted by Gasteiger charge is -2.11. The lowest BCUT2D eigenvalue weighted by Crippen LogP contribution is -2.04. The molecule has 20 heavy (non-hydrogen) atoms. The quantitative estimate of drug-likeness (QED) is 0.807. The molecule has 102 valence electrons. The van der Waals surface area contributed by atoms with Crippen LogP contribution >= 0.6 is 11.6 Å². The zero-order chi connectivity index (χ0) is 13.9. The molecule has 2 aromatic carbocycles. The Kier molecular flexibility index (Phi) is 3.61. The van der Waals surface area contributed by atoms with Gasteiger partial charge < -0.3 is 14.3 Å². The first-order chi connectivity index (χ1) is 9.76. The minimum absolute atomic E-state index is 0.219. The standard InChI is InChI=1S/C16H13ClO3/c17-14-3-1-2-11(7-14)6-13(9-18)12-4-5-15-16(8-12)20-10-19-15/h1-5,7-9,13H,6,10H2. The van der Waals surface area contributed by atoms with Gasteiger partial charge in [-0.1, -0.05) is 29.8 Å². The summed E-state index contributed by atoms with van der Waals surface area (Å²) < 4.78 is 10.6. The third-order valence-electron chi connectivity index (χ3n) is 3.33. The third kappa shape index (κ3) is 2.63. The molecule has 0 amide bonds. The Morgan fingerprint density at radius 1 is 1.15 bits per heavy atom. The van der Waals surface area contributed by atoms with Gasteiger partial charge in [-0.15, -0.1) is 0 Å². The Labute approximate surface area is 122 Å². The zero-order valence-corrected chi connectivity index (χ0v) is 11.5. The fraction of sp³-hybridized carbons (Fsp3) is 0.188. The van der Waals surface area contributed by atoms with Crippen LogP contribution in [-0.4, -0.2) is 13.1 Å². The maximum Gasteiger partial charge on any atom is 0.231 e. The van der Waals surface area contributed by atoms with E-state index < -0.39 is 0 Å². The molecule has 0 aliphatic carbocycles. The van der Waals surface area contributed by atoms with Crippen LogP contribution in [-0.2, 0) is 11.2 Å². The number of carbonyl (C=O) groups excluding carboxylic acids is 1. The molecule has 1 aliphatic heterocycles. The number of ether oxygens (including phenoxy) is 2. The molecule has 2 aromatic rings. The van der Waals surface area contributed by atoms with E-state index in [1.807, 2.05) is 42.5 Å². The van der Waals surface area contributed by atoms with E-state index in [0.29, 0.717) is 17.2 Å². The molecule has 0 N–H and O–H groups in total. The van der Waals surface area contributed by atoms with E-state index in [0.717, 1.165) is 23.2 Å². The molecule has 0 fully saturated rings. The summed E-state index contributed by atoms with van der Waals surface area (Å²) in [5.74, 6) is 1.20. The van der Waals surface area contributed by atoms with Crippen LogP contribution in [0.2, 0.25) is 5.02 Å². The van der Waals surface area contributed by atoms with Crippen LogP contribution in [0, 0.1) is 0 Å². The number of carbonyl (C=O) groups is 1. The molecule has 0 radical (unpaired) electrons. The fourth-order valence-electron chi connectivity index (χ4n) is 2.31. The van der Waals surface area contributed by atoms with Crippen molar-refractivity contribution in [2.45, 2.75) is 12.3 Å². The number of hydrogen-bond acceptors (Lipinski definition) is 3. The lowest BCUT2D eigenvalue weighted by molar-refractivity contribution is -0.109. The van der Waals surface area contributed by atoms with Crippen LogP contribution < -0.4 is 9.47 Å². The van der Waals surface area contributed by atoms with E-state index >= 15 is 0 Å². The van der Waals surface area contributed by atoms with E-state index in [9.17, 15) is 4.79 Å². The van der Waals surface area contributed by atoms with Gasteiger partial charge in [0, 0.05) is 10.9 Å². The first-order valence-electron chi connectivity index (χ1n) is 6.35. The van der Waals surface area contributed by atoms with E-state index in [1.165, 1.54) is 0 Å². The summed E-state index contributed by atoms with van der Waals surface area (Å²) in [6, 6.07) is 13.2. The molecule has 4 heteroatoms. The van der Waals surface area contributed by atoms with Gasteiger partial charge in [0.15, 0.2) is 11.5 Å². The molecule has 1 aliphatic rings. The van der Waals surface area contributed by atoms with Gasteiger partial charge in [0.1, 0.15) is 6.29 Å². The minimum Gasteiger partial charge on any atom is -0.454 e. The van der Waals surface area contributed by atoms with Crippen molar-refractivity contribution < 1.29 is 14.3 Å². The van der Waals surface area contributed by atoms with Gasteiger partial charge in [-0.2, -0.15) is 0 Å². The van der Waals surface area contributed by atoms with Crippen LogP contribution in [0.3, 0.4) is 0 Å². The second-order valence-corrected chi connectivity index (χ2v) is 5.13. The molecular weight excluding hydrogens is 276 g/mol. The van der Waals surface area contributed by atoms with E-state index in [-0.39, 0.29) is 12.7 Å². The molecule has 3 rings (SSSR count). The Hall–Kier alpha value is -2.00. The first-order valence-corrected chi connectivity index (χ1v) is 6.73. The number of rotatable bonds is 4. The largest absolute Gasteiger partial charge is 0.454 e. The van der Waals surface area contributed by atoms with Gasteiger partial charge in [0.25, 0.3) is 0 Å². The number of hydrogen-bond donors (Lipinski definition) is 0. The molecular formula is C16H13ClO3. The van der Waals surface area contributed by atoms with Crippen molar-refractivity contribution in [3.05, 3.63) is 58.6 Å². The van der Waals surface area contributed by atoms with Gasteiger partial charge in [-0.25, -0.2) is 0 Å². The normalized spacial score (nSPS) is 14.1. The zero-order valence-electron chi connectivity index (χ0n) is 10.7. The van der Waals surface area contributed by atoms with Gasteiger partial charge in [0.2, 0.25) is 6.79 Å². The summed E-state index contributed by atoms with van der Waals surface area (Å²) in [5.41, 5.74) is 1.96. The highest BCUT2D eigenvalue weighted by molar-refractivity contribution is 6.30. The van der Waals surface area contributed by atoms with Crippen LogP contribution in [0.1, 0.15) is 17.0 Å². The summed E-state index contributed by atoms with van der Waals surface area (Å²) in [6.45, 7) is 0.235. The molecule has 0 saturated heterocycles. The molecule has 1 atom stereocenters. The molecule has 3 nitrogen and oxygen atoms in total. The molecule has 0 bridgehead atoms. The second-order valence-electron chi connectivity index (χ2n) is 4.69. The smallest absolute Gasteiger partial charge is 0.231 e. The summed E-state index contributed by atoms with van der Waals surface area (Å²) in [7, 11) is 0. The SMILES string of the molecule is O=CC(Cc1cccc(Cl)c1)c1ccc2c(c1)OCO2. The topological polar surface area (TPSA) is 35.5 Å². The molecule has 0 aromatic heterocycles. The molecule has 1 heterocycles. The monoisotopic (exact) mass is 288 g/mol. The highest BCUT2D eigenvalue weighted by Gasteiger charge is 2.18. The lowest BCUT2D eigenvalue weighted by atomic mass is 9.93. The number of benzene rings is 2. The number of aldehydes is 1. The van der Waals surface area contributed by atoms with Crippen molar-refractivity contribution in [1.82, 2.24) is 0 Å². The fourth-order valence-corrected chi connectivity index (χ4v) is 2.52. The molecule has 0 saturated carbocycles. The van der Waals surface area contributed by atoms with Crippen molar-refractivity contribution in [2.24, 2.45) is 0 Å². The van der Waals surface area contributed by atoms with Crippen LogP contribution in [0.4, 0.5) is 0 Å². The predicted octanol–water partition coefficient (Wildman–Crippen LogP) is 3.59. The van der Waals surface area contributed by atoms with E-state index in [4.69, 9.17) is 21.1 Å². The first kappa shape index (κ1) is 13.0. The van der Waals surface area contributed by atoms with Gasteiger partial charge >= 0.3 is 0 Å². The van der Waals surface area contributed by atoms with Crippen LogP contribution in [0.15, 0.2) is 42.5 Å². The molecule has 0 spiro atoms. The van der Waals surface area contributed by atoms with Crippen molar-refractivity contribution in [3.63, 3.8) is 0 Å². The summed E-state index contributed by atoms with van der Waals surface area (Å²) in [6.07, 6.45) is 1.57. The average molecular weight is 289 g/mol. The average Bonchev–Trinajstić information content (AvgIpc) is 2.92. The highest BCUT2D eigenvalue weighted by atomic mass is 35.5. The molecule has 1 unspecified atom stereocenters. The predicted molar refractivity (Wildman–Crippen MR) is 76.5 cm³/mol. The maximum atomic E-state index is 11.4. The Morgan fingerprint density at radius 2 is 2.00 bits per heavy atom. The summed E-state index contributed by atoms with van der Waals surface area (Å²) in [4.78, 5) is 11.4. The van der Waals surface area contributed by atoms with E-state index in [1.54, 1.807) is 0 Å². The number of halogens is 1. The van der Waals surface area contributed by atoms with Crippen LogP contribution in [0.25, 0.3) is 0 Å². The Bertz CT molecular complexity index is 639. The highest BCUT2D eigenvalue weighted by Crippen LogP contribution is 2.35. The summed E-state index contributed by atoms with van der Waals surface area (Å²) >= 11 is 5.97. The Morgan fingerprint density at radius 3 is 2.80 bits per heavy atom. The van der Waals surface area contributed by atoms with Crippen LogP contribution in [0.5, 0.6) is 11.5 Å². The van der Waals surface area contributed by atoms with Gasteiger partial charge in [-0.3, -0.25) is 0 Å². The van der Waals surface area contributed by atoms with Gasteiger partial charge in [-0.05, 0) is 41.8 Å². The van der Waals surface area contributed by atoms with Crippen molar-refractivity contribution in [3.8, 4) is 11.5 Å².